The molecule has 0 saturated carbocycles. The number of hydrogen-bond acceptors (Lipinski definition) is 7. The number of rotatable bonds is 6. The highest BCUT2D eigenvalue weighted by Crippen LogP contribution is 2.29. The van der Waals surface area contributed by atoms with E-state index in [9.17, 15) is 14.4 Å². The van der Waals surface area contributed by atoms with Gasteiger partial charge in [-0.15, -0.1) is 0 Å². The molecule has 1 atom stereocenters. The monoisotopic (exact) mass is 441 g/mol. The SMILES string of the molecule is CCOC(=O)c1ccc(NC(=O)[C@H]2CC(=O)N(C)C(=Nc3ccc(OC)cc3)S2)cc1. The van der Waals surface area contributed by atoms with Crippen LogP contribution < -0.4 is 10.1 Å². The van der Waals surface area contributed by atoms with E-state index in [-0.39, 0.29) is 18.2 Å². The van der Waals surface area contributed by atoms with Crippen LogP contribution in [0.15, 0.2) is 53.5 Å². The van der Waals surface area contributed by atoms with Gasteiger partial charge in [0.25, 0.3) is 0 Å². The highest BCUT2D eigenvalue weighted by atomic mass is 32.2. The molecular formula is C22H23N3O5S. The van der Waals surface area contributed by atoms with Gasteiger partial charge in [-0.3, -0.25) is 14.5 Å². The normalized spacial score (nSPS) is 17.4. The third-order valence-electron chi connectivity index (χ3n) is 4.52. The topological polar surface area (TPSA) is 97.3 Å². The third-order valence-corrected chi connectivity index (χ3v) is 5.76. The zero-order chi connectivity index (χ0) is 22.4. The molecule has 0 aromatic heterocycles. The van der Waals surface area contributed by atoms with E-state index in [0.29, 0.717) is 34.5 Å². The largest absolute Gasteiger partial charge is 0.497 e. The summed E-state index contributed by atoms with van der Waals surface area (Å²) in [7, 11) is 3.22. The van der Waals surface area contributed by atoms with Crippen LogP contribution in [0.4, 0.5) is 11.4 Å². The van der Waals surface area contributed by atoms with Crippen LogP contribution in [-0.4, -0.2) is 53.9 Å². The summed E-state index contributed by atoms with van der Waals surface area (Å²) in [6, 6.07) is 13.5. The van der Waals surface area contributed by atoms with Gasteiger partial charge in [0.15, 0.2) is 5.17 Å². The molecule has 0 unspecified atom stereocenters. The second kappa shape index (κ2) is 10.1. The molecule has 2 aromatic rings. The smallest absolute Gasteiger partial charge is 0.338 e. The molecule has 1 fully saturated rings. The third kappa shape index (κ3) is 5.64. The van der Waals surface area contributed by atoms with Crippen molar-refractivity contribution >= 4 is 46.1 Å². The average molecular weight is 442 g/mol. The first-order valence-corrected chi connectivity index (χ1v) is 10.5. The number of benzene rings is 2. The Balaban J connectivity index is 1.70. The first-order valence-electron chi connectivity index (χ1n) is 9.65. The predicted molar refractivity (Wildman–Crippen MR) is 120 cm³/mol. The maximum absolute atomic E-state index is 12.8. The number of amidine groups is 1. The summed E-state index contributed by atoms with van der Waals surface area (Å²) in [5.74, 6) is -0.214. The van der Waals surface area contributed by atoms with Crippen LogP contribution in [0.2, 0.25) is 0 Å². The Labute approximate surface area is 184 Å². The Morgan fingerprint density at radius 1 is 1.16 bits per heavy atom. The molecule has 31 heavy (non-hydrogen) atoms. The molecule has 1 N–H and O–H groups in total. The zero-order valence-corrected chi connectivity index (χ0v) is 18.3. The number of thioether (sulfide) groups is 1. The van der Waals surface area contributed by atoms with Gasteiger partial charge < -0.3 is 14.8 Å². The summed E-state index contributed by atoms with van der Waals surface area (Å²) in [4.78, 5) is 42.9. The van der Waals surface area contributed by atoms with E-state index < -0.39 is 11.2 Å². The molecular weight excluding hydrogens is 418 g/mol. The Kier molecular flexibility index (Phi) is 7.30. The van der Waals surface area contributed by atoms with Gasteiger partial charge in [-0.25, -0.2) is 9.79 Å². The average Bonchev–Trinajstić information content (AvgIpc) is 2.78. The summed E-state index contributed by atoms with van der Waals surface area (Å²) in [5, 5.41) is 2.61. The number of esters is 1. The Hall–Kier alpha value is -3.33. The minimum Gasteiger partial charge on any atom is -0.497 e. The molecule has 2 amide bonds. The van der Waals surface area contributed by atoms with Crippen molar-refractivity contribution in [1.29, 1.82) is 0 Å². The first kappa shape index (κ1) is 22.4. The molecule has 162 valence electrons. The maximum Gasteiger partial charge on any atom is 0.338 e. The number of carbonyl (C=O) groups is 3. The number of nitrogens with one attached hydrogen (secondary N) is 1. The van der Waals surface area contributed by atoms with Crippen molar-refractivity contribution in [3.63, 3.8) is 0 Å². The van der Waals surface area contributed by atoms with Crippen LogP contribution in [0.5, 0.6) is 5.75 Å². The maximum atomic E-state index is 12.8. The molecule has 0 radical (unpaired) electrons. The lowest BCUT2D eigenvalue weighted by molar-refractivity contribution is -0.128. The lowest BCUT2D eigenvalue weighted by Crippen LogP contribution is -2.43. The van der Waals surface area contributed by atoms with Crippen molar-refractivity contribution < 1.29 is 23.9 Å². The molecule has 0 aliphatic carbocycles. The number of amides is 2. The number of anilines is 1. The molecule has 9 heteroatoms. The summed E-state index contributed by atoms with van der Waals surface area (Å²) in [6.07, 6.45) is 0.0650. The zero-order valence-electron chi connectivity index (χ0n) is 17.5. The van der Waals surface area contributed by atoms with Gasteiger partial charge >= 0.3 is 5.97 Å². The number of nitrogens with zero attached hydrogens (tertiary/aromatic N) is 2. The lowest BCUT2D eigenvalue weighted by Gasteiger charge is -2.28. The van der Waals surface area contributed by atoms with Gasteiger partial charge in [-0.05, 0) is 55.5 Å². The van der Waals surface area contributed by atoms with Gasteiger partial charge in [0.1, 0.15) is 11.0 Å². The Morgan fingerprint density at radius 3 is 2.45 bits per heavy atom. The van der Waals surface area contributed by atoms with E-state index in [1.165, 1.54) is 16.7 Å². The number of ether oxygens (including phenoxy) is 2. The van der Waals surface area contributed by atoms with Crippen LogP contribution in [0, 0.1) is 0 Å². The summed E-state index contributed by atoms with van der Waals surface area (Å²) in [6.45, 7) is 2.03. The predicted octanol–water partition coefficient (Wildman–Crippen LogP) is 3.46. The van der Waals surface area contributed by atoms with Crippen molar-refractivity contribution in [1.82, 2.24) is 4.90 Å². The van der Waals surface area contributed by atoms with Crippen LogP contribution in [0.25, 0.3) is 0 Å². The number of methoxy groups -OCH3 is 1. The highest BCUT2D eigenvalue weighted by molar-refractivity contribution is 8.15. The van der Waals surface area contributed by atoms with Crippen molar-refractivity contribution in [3.05, 3.63) is 54.1 Å². The van der Waals surface area contributed by atoms with Gasteiger partial charge in [0.05, 0.1) is 25.0 Å². The van der Waals surface area contributed by atoms with Crippen molar-refractivity contribution in [2.45, 2.75) is 18.6 Å². The highest BCUT2D eigenvalue weighted by Gasteiger charge is 2.34. The van der Waals surface area contributed by atoms with Gasteiger partial charge in [-0.2, -0.15) is 0 Å². The van der Waals surface area contributed by atoms with Crippen LogP contribution >= 0.6 is 11.8 Å². The molecule has 8 nitrogen and oxygen atoms in total. The standard InChI is InChI=1S/C22H23N3O5S/c1-4-30-21(28)14-5-7-15(8-6-14)23-20(27)18-13-19(26)25(2)22(31-18)24-16-9-11-17(29-3)12-10-16/h5-12,18H,4,13H2,1-3H3,(H,23,27)/t18-/m1/s1. The molecule has 1 aliphatic heterocycles. The molecule has 0 bridgehead atoms. The Bertz CT molecular complexity index is 989. The fraction of sp³-hybridized carbons (Fsp3) is 0.273. The summed E-state index contributed by atoms with van der Waals surface area (Å²) < 4.78 is 10.1. The number of carbonyl (C=O) groups excluding carboxylic acids is 3. The summed E-state index contributed by atoms with van der Waals surface area (Å²) in [5.41, 5.74) is 1.58. The summed E-state index contributed by atoms with van der Waals surface area (Å²) >= 11 is 1.23. The molecule has 2 aromatic carbocycles. The number of aliphatic imine (C=N–C) groups is 1. The van der Waals surface area contributed by atoms with Crippen molar-refractivity contribution in [2.24, 2.45) is 4.99 Å². The fourth-order valence-electron chi connectivity index (χ4n) is 2.79. The molecule has 1 aliphatic rings. The van der Waals surface area contributed by atoms with Crippen LogP contribution in [0.1, 0.15) is 23.7 Å². The van der Waals surface area contributed by atoms with Gasteiger partial charge in [-0.1, -0.05) is 11.8 Å². The quantitative estimate of drug-likeness (QED) is 0.690. The van der Waals surface area contributed by atoms with Crippen LogP contribution in [-0.2, 0) is 14.3 Å². The second-order valence-electron chi connectivity index (χ2n) is 6.64. The first-order chi connectivity index (χ1) is 14.9. The van der Waals surface area contributed by atoms with E-state index in [1.54, 1.807) is 69.6 Å². The molecule has 1 saturated heterocycles. The molecule has 3 rings (SSSR count). The molecule has 1 heterocycles. The van der Waals surface area contributed by atoms with Crippen molar-refractivity contribution in [2.75, 3.05) is 26.1 Å². The molecule has 0 spiro atoms. The van der Waals surface area contributed by atoms with E-state index in [2.05, 4.69) is 10.3 Å². The van der Waals surface area contributed by atoms with E-state index in [0.717, 1.165) is 0 Å². The van der Waals surface area contributed by atoms with E-state index in [1.807, 2.05) is 0 Å². The minimum atomic E-state index is -0.620. The fourth-order valence-corrected chi connectivity index (χ4v) is 3.86. The Morgan fingerprint density at radius 2 is 1.84 bits per heavy atom. The lowest BCUT2D eigenvalue weighted by atomic mass is 10.2. The number of hydrogen-bond donors (Lipinski definition) is 1. The minimum absolute atomic E-state index is 0.0650. The van der Waals surface area contributed by atoms with E-state index in [4.69, 9.17) is 9.47 Å². The van der Waals surface area contributed by atoms with E-state index >= 15 is 0 Å². The van der Waals surface area contributed by atoms with Gasteiger partial charge in [0, 0.05) is 19.2 Å². The van der Waals surface area contributed by atoms with Gasteiger partial charge in [0.2, 0.25) is 11.8 Å². The second-order valence-corrected chi connectivity index (χ2v) is 7.81. The van der Waals surface area contributed by atoms with Crippen molar-refractivity contribution in [3.8, 4) is 5.75 Å². The van der Waals surface area contributed by atoms with Crippen LogP contribution in [0.3, 0.4) is 0 Å².